The van der Waals surface area contributed by atoms with Gasteiger partial charge < -0.3 is 5.32 Å². The third kappa shape index (κ3) is 3.68. The quantitative estimate of drug-likeness (QED) is 0.823. The summed E-state index contributed by atoms with van der Waals surface area (Å²) in [5, 5.41) is 13.5. The lowest BCUT2D eigenvalue weighted by molar-refractivity contribution is 0.511. The van der Waals surface area contributed by atoms with Crippen molar-refractivity contribution < 1.29 is 0 Å². The predicted molar refractivity (Wildman–Crippen MR) is 91.4 cm³/mol. The van der Waals surface area contributed by atoms with Crippen molar-refractivity contribution in [2.24, 2.45) is 7.05 Å². The van der Waals surface area contributed by atoms with E-state index in [1.807, 2.05) is 11.7 Å². The van der Waals surface area contributed by atoms with Crippen LogP contribution in [0.2, 0.25) is 5.02 Å². The monoisotopic (exact) mass is 325 g/mol. The molecule has 0 aromatic carbocycles. The Hall–Kier alpha value is -0.840. The SMILES string of the molecule is CCCNC(Cc1c(Cl)c(CC)nn1C)c1cscc1C. The van der Waals surface area contributed by atoms with Crippen LogP contribution in [0.1, 0.15) is 48.8 Å². The number of nitrogens with one attached hydrogen (secondary N) is 1. The van der Waals surface area contributed by atoms with Gasteiger partial charge in [0.1, 0.15) is 0 Å². The second-order valence-electron chi connectivity index (χ2n) is 5.41. The van der Waals surface area contributed by atoms with E-state index in [9.17, 15) is 0 Å². The summed E-state index contributed by atoms with van der Waals surface area (Å²) in [6.07, 6.45) is 2.87. The molecule has 3 nitrogen and oxygen atoms in total. The third-order valence-corrected chi connectivity index (χ3v) is 5.13. The summed E-state index contributed by atoms with van der Waals surface area (Å²) in [6.45, 7) is 7.47. The number of hydrogen-bond acceptors (Lipinski definition) is 3. The Kier molecular flexibility index (Phi) is 5.85. The molecule has 1 atom stereocenters. The highest BCUT2D eigenvalue weighted by atomic mass is 35.5. The van der Waals surface area contributed by atoms with Crippen molar-refractivity contribution in [2.75, 3.05) is 6.54 Å². The minimum Gasteiger partial charge on any atom is -0.310 e. The van der Waals surface area contributed by atoms with Crippen LogP contribution in [-0.4, -0.2) is 16.3 Å². The number of nitrogens with zero attached hydrogens (tertiary/aromatic N) is 2. The lowest BCUT2D eigenvalue weighted by Gasteiger charge is -2.19. The maximum atomic E-state index is 6.50. The van der Waals surface area contributed by atoms with Crippen LogP contribution in [0, 0.1) is 6.92 Å². The Morgan fingerprint density at radius 2 is 2.14 bits per heavy atom. The molecule has 1 unspecified atom stereocenters. The van der Waals surface area contributed by atoms with Gasteiger partial charge in [0, 0.05) is 19.5 Å². The van der Waals surface area contributed by atoms with Crippen LogP contribution in [0.3, 0.4) is 0 Å². The lowest BCUT2D eigenvalue weighted by atomic mass is 10.0. The first-order valence-corrected chi connectivity index (χ1v) is 8.86. The average molecular weight is 326 g/mol. The van der Waals surface area contributed by atoms with Gasteiger partial charge in [-0.1, -0.05) is 25.4 Å². The number of aromatic nitrogens is 2. The summed E-state index contributed by atoms with van der Waals surface area (Å²) in [5.41, 5.74) is 4.84. The predicted octanol–water partition coefficient (Wildman–Crippen LogP) is 4.29. The second kappa shape index (κ2) is 7.43. The van der Waals surface area contributed by atoms with E-state index in [4.69, 9.17) is 11.6 Å². The molecule has 21 heavy (non-hydrogen) atoms. The molecule has 0 aliphatic rings. The van der Waals surface area contributed by atoms with E-state index >= 15 is 0 Å². The van der Waals surface area contributed by atoms with E-state index in [2.05, 4.69) is 41.9 Å². The number of halogens is 1. The van der Waals surface area contributed by atoms with Gasteiger partial charge in [-0.05, 0) is 48.2 Å². The van der Waals surface area contributed by atoms with Gasteiger partial charge in [-0.3, -0.25) is 4.68 Å². The topological polar surface area (TPSA) is 29.9 Å². The van der Waals surface area contributed by atoms with Crippen molar-refractivity contribution in [1.29, 1.82) is 0 Å². The van der Waals surface area contributed by atoms with E-state index in [0.29, 0.717) is 6.04 Å². The first-order valence-electron chi connectivity index (χ1n) is 7.54. The zero-order valence-corrected chi connectivity index (χ0v) is 14.8. The van der Waals surface area contributed by atoms with Crippen molar-refractivity contribution in [3.8, 4) is 0 Å². The molecule has 2 heterocycles. The lowest BCUT2D eigenvalue weighted by Crippen LogP contribution is -2.25. The summed E-state index contributed by atoms with van der Waals surface area (Å²) in [4.78, 5) is 0. The van der Waals surface area contributed by atoms with E-state index < -0.39 is 0 Å². The summed E-state index contributed by atoms with van der Waals surface area (Å²) in [6, 6.07) is 0.300. The summed E-state index contributed by atoms with van der Waals surface area (Å²) in [5.74, 6) is 0. The van der Waals surface area contributed by atoms with E-state index in [0.717, 1.165) is 42.2 Å². The van der Waals surface area contributed by atoms with Gasteiger partial charge in [-0.2, -0.15) is 16.4 Å². The van der Waals surface area contributed by atoms with Gasteiger partial charge in [0.2, 0.25) is 0 Å². The molecule has 2 rings (SSSR count). The molecule has 0 aliphatic carbocycles. The first kappa shape index (κ1) is 16.5. The van der Waals surface area contributed by atoms with E-state index in [1.54, 1.807) is 11.3 Å². The second-order valence-corrected chi connectivity index (χ2v) is 6.53. The van der Waals surface area contributed by atoms with Crippen LogP contribution in [0.25, 0.3) is 0 Å². The molecular formula is C16H24ClN3S. The highest BCUT2D eigenvalue weighted by molar-refractivity contribution is 7.08. The molecule has 0 aliphatic heterocycles. The Morgan fingerprint density at radius 3 is 2.67 bits per heavy atom. The van der Waals surface area contributed by atoms with Gasteiger partial charge in [0.25, 0.3) is 0 Å². The normalized spacial score (nSPS) is 12.8. The Morgan fingerprint density at radius 1 is 1.38 bits per heavy atom. The van der Waals surface area contributed by atoms with Crippen molar-refractivity contribution in [3.05, 3.63) is 38.3 Å². The molecule has 0 spiro atoms. The largest absolute Gasteiger partial charge is 0.310 e. The molecule has 2 aromatic rings. The molecule has 0 saturated heterocycles. The molecule has 0 saturated carbocycles. The van der Waals surface area contributed by atoms with Crippen LogP contribution < -0.4 is 5.32 Å². The Labute approximate surface area is 136 Å². The number of hydrogen-bond donors (Lipinski definition) is 1. The van der Waals surface area contributed by atoms with Crippen molar-refractivity contribution in [3.63, 3.8) is 0 Å². The van der Waals surface area contributed by atoms with Gasteiger partial charge in [-0.25, -0.2) is 0 Å². The van der Waals surface area contributed by atoms with E-state index in [1.165, 1.54) is 11.1 Å². The molecule has 1 N–H and O–H groups in total. The standard InChI is InChI=1S/C16H24ClN3S/c1-5-7-18-14(12-10-21-9-11(12)3)8-15-16(17)13(6-2)19-20(15)4/h9-10,14,18H,5-8H2,1-4H3. The maximum Gasteiger partial charge on any atom is 0.0850 e. The number of aryl methyl sites for hydroxylation is 3. The fourth-order valence-corrected chi connectivity index (χ4v) is 3.85. The third-order valence-electron chi connectivity index (χ3n) is 3.81. The maximum absolute atomic E-state index is 6.50. The van der Waals surface area contributed by atoms with Crippen LogP contribution in [0.15, 0.2) is 10.8 Å². The highest BCUT2D eigenvalue weighted by Crippen LogP contribution is 2.29. The molecule has 0 amide bonds. The van der Waals surface area contributed by atoms with Gasteiger partial charge in [-0.15, -0.1) is 0 Å². The molecule has 2 aromatic heterocycles. The zero-order chi connectivity index (χ0) is 15.4. The van der Waals surface area contributed by atoms with Gasteiger partial charge in [0.15, 0.2) is 0 Å². The molecule has 5 heteroatoms. The smallest absolute Gasteiger partial charge is 0.0850 e. The summed E-state index contributed by atoms with van der Waals surface area (Å²) in [7, 11) is 1.98. The molecule has 0 bridgehead atoms. The van der Waals surface area contributed by atoms with Crippen LogP contribution in [0.4, 0.5) is 0 Å². The van der Waals surface area contributed by atoms with Crippen LogP contribution in [-0.2, 0) is 19.9 Å². The molecule has 0 radical (unpaired) electrons. The first-order chi connectivity index (χ1) is 10.1. The molecule has 116 valence electrons. The van der Waals surface area contributed by atoms with Crippen LogP contribution >= 0.6 is 22.9 Å². The molecular weight excluding hydrogens is 302 g/mol. The fraction of sp³-hybridized carbons (Fsp3) is 0.562. The fourth-order valence-electron chi connectivity index (χ4n) is 2.57. The summed E-state index contributed by atoms with van der Waals surface area (Å²) < 4.78 is 1.93. The average Bonchev–Trinajstić information content (AvgIpc) is 3.00. The van der Waals surface area contributed by atoms with Gasteiger partial charge >= 0.3 is 0 Å². The van der Waals surface area contributed by atoms with E-state index in [-0.39, 0.29) is 0 Å². The van der Waals surface area contributed by atoms with Crippen molar-refractivity contribution in [1.82, 2.24) is 15.1 Å². The Bertz CT molecular complexity index is 588. The van der Waals surface area contributed by atoms with Crippen LogP contribution in [0.5, 0.6) is 0 Å². The van der Waals surface area contributed by atoms with Gasteiger partial charge in [0.05, 0.1) is 16.4 Å². The van der Waals surface area contributed by atoms with Crippen molar-refractivity contribution in [2.45, 2.75) is 46.1 Å². The zero-order valence-electron chi connectivity index (χ0n) is 13.2. The number of rotatable bonds is 7. The Balaban J connectivity index is 2.27. The minimum absolute atomic E-state index is 0.300. The highest BCUT2D eigenvalue weighted by Gasteiger charge is 2.20. The van der Waals surface area contributed by atoms with Crippen molar-refractivity contribution >= 4 is 22.9 Å². The minimum atomic E-state index is 0.300. The summed E-state index contributed by atoms with van der Waals surface area (Å²) >= 11 is 8.26. The molecule has 0 fully saturated rings. The number of thiophene rings is 1.